The van der Waals surface area contributed by atoms with E-state index in [0.717, 1.165) is 25.8 Å². The zero-order valence-electron chi connectivity index (χ0n) is 26.1. The number of hydrogen-bond donors (Lipinski definition) is 2. The molecule has 230 valence electrons. The van der Waals surface area contributed by atoms with Crippen LogP contribution in [0.25, 0.3) is 0 Å². The molecule has 7 nitrogen and oxygen atoms in total. The number of amides is 2. The number of hydrogen-bond acceptors (Lipinski definition) is 5. The number of nitriles is 1. The standard InChI is InChI=1S/C33H60N4O3/c1-4-5-6-7-8-9-10-11-12-13-14-15-16-17-18-19-24-35-32(38)31-29(27-34)22-20-23-30(31)28-40-33(39)36-25-21-26-37(2)3/h20,22,29-31H,4-19,21,23-26,28H2,1-3H3,(H,35,38)(H,36,39). The van der Waals surface area contributed by atoms with Gasteiger partial charge in [0, 0.05) is 19.0 Å². The van der Waals surface area contributed by atoms with Crippen LogP contribution < -0.4 is 10.6 Å². The number of unbranched alkanes of at least 4 members (excludes halogenated alkanes) is 15. The van der Waals surface area contributed by atoms with Gasteiger partial charge in [-0.15, -0.1) is 0 Å². The maximum atomic E-state index is 13.0. The van der Waals surface area contributed by atoms with Gasteiger partial charge in [-0.1, -0.05) is 115 Å². The second-order valence-electron chi connectivity index (χ2n) is 11.9. The predicted octanol–water partition coefficient (Wildman–Crippen LogP) is 7.37. The predicted molar refractivity (Wildman–Crippen MR) is 165 cm³/mol. The molecule has 0 fully saturated rings. The maximum absolute atomic E-state index is 13.0. The highest BCUT2D eigenvalue weighted by molar-refractivity contribution is 5.80. The third-order valence-corrected chi connectivity index (χ3v) is 7.94. The normalized spacial score (nSPS) is 18.4. The van der Waals surface area contributed by atoms with E-state index in [9.17, 15) is 14.9 Å². The summed E-state index contributed by atoms with van der Waals surface area (Å²) in [5, 5.41) is 15.4. The van der Waals surface area contributed by atoms with Gasteiger partial charge in [0.1, 0.15) is 0 Å². The van der Waals surface area contributed by atoms with E-state index < -0.39 is 17.9 Å². The molecule has 1 rings (SSSR count). The first-order valence-electron chi connectivity index (χ1n) is 16.4. The lowest BCUT2D eigenvalue weighted by Crippen LogP contribution is -2.42. The van der Waals surface area contributed by atoms with Crippen LogP contribution in [0.1, 0.15) is 122 Å². The van der Waals surface area contributed by atoms with Crippen molar-refractivity contribution in [2.45, 2.75) is 122 Å². The molecule has 0 bridgehead atoms. The van der Waals surface area contributed by atoms with Crippen molar-refractivity contribution in [2.75, 3.05) is 40.3 Å². The van der Waals surface area contributed by atoms with Gasteiger partial charge in [-0.2, -0.15) is 5.26 Å². The summed E-state index contributed by atoms with van der Waals surface area (Å²) in [5.74, 6) is -1.27. The van der Waals surface area contributed by atoms with E-state index in [2.05, 4.69) is 28.5 Å². The second kappa shape index (κ2) is 24.7. The number of allylic oxidation sites excluding steroid dienone is 2. The Kier molecular flexibility index (Phi) is 22.2. The number of carbonyl (C=O) groups is 2. The van der Waals surface area contributed by atoms with Crippen LogP contribution in [-0.2, 0) is 9.53 Å². The van der Waals surface area contributed by atoms with Gasteiger partial charge < -0.3 is 20.3 Å². The van der Waals surface area contributed by atoms with Gasteiger partial charge in [0.15, 0.2) is 0 Å². The lowest BCUT2D eigenvalue weighted by atomic mass is 9.76. The van der Waals surface area contributed by atoms with Gasteiger partial charge in [0.2, 0.25) is 5.91 Å². The Morgan fingerprint density at radius 3 is 1.88 bits per heavy atom. The summed E-state index contributed by atoms with van der Waals surface area (Å²) < 4.78 is 5.41. The Bertz CT molecular complexity index is 719. The van der Waals surface area contributed by atoms with Crippen molar-refractivity contribution >= 4 is 12.0 Å². The SMILES string of the molecule is CCCCCCCCCCCCCCCCCCNC(=O)C1C(C#N)C=CCC1COC(=O)NCCCN(C)C. The minimum Gasteiger partial charge on any atom is -0.449 e. The molecule has 0 saturated heterocycles. The lowest BCUT2D eigenvalue weighted by Gasteiger charge is -2.30. The van der Waals surface area contributed by atoms with Crippen molar-refractivity contribution < 1.29 is 14.3 Å². The topological polar surface area (TPSA) is 94.5 Å². The molecule has 0 aromatic carbocycles. The van der Waals surface area contributed by atoms with Crippen molar-refractivity contribution in [2.24, 2.45) is 17.8 Å². The summed E-state index contributed by atoms with van der Waals surface area (Å²) in [7, 11) is 3.98. The summed E-state index contributed by atoms with van der Waals surface area (Å²) in [4.78, 5) is 27.1. The zero-order valence-corrected chi connectivity index (χ0v) is 26.1. The van der Waals surface area contributed by atoms with Crippen molar-refractivity contribution in [3.8, 4) is 6.07 Å². The number of carbonyl (C=O) groups excluding carboxylic acids is 2. The highest BCUT2D eigenvalue weighted by Gasteiger charge is 2.36. The third kappa shape index (κ3) is 18.3. The molecule has 0 saturated carbocycles. The summed E-state index contributed by atoms with van der Waals surface area (Å²) in [6.45, 7) is 4.48. The Morgan fingerprint density at radius 2 is 1.35 bits per heavy atom. The van der Waals surface area contributed by atoms with Crippen molar-refractivity contribution in [3.05, 3.63) is 12.2 Å². The third-order valence-electron chi connectivity index (χ3n) is 7.94. The number of ether oxygens (including phenoxy) is 1. The number of nitrogens with one attached hydrogen (secondary N) is 2. The van der Waals surface area contributed by atoms with E-state index in [1.54, 1.807) is 0 Å². The molecule has 0 aromatic rings. The largest absolute Gasteiger partial charge is 0.449 e. The molecular weight excluding hydrogens is 500 g/mol. The van der Waals surface area contributed by atoms with Gasteiger partial charge in [0.25, 0.3) is 0 Å². The molecule has 3 atom stereocenters. The van der Waals surface area contributed by atoms with Gasteiger partial charge in [-0.25, -0.2) is 4.79 Å². The number of nitrogens with zero attached hydrogens (tertiary/aromatic N) is 2. The quantitative estimate of drug-likeness (QED) is 0.0949. The minimum absolute atomic E-state index is 0.100. The highest BCUT2D eigenvalue weighted by atomic mass is 16.5. The summed E-state index contributed by atoms with van der Waals surface area (Å²) in [6, 6.07) is 2.25. The molecule has 0 radical (unpaired) electrons. The van der Waals surface area contributed by atoms with Gasteiger partial charge in [0.05, 0.1) is 24.5 Å². The van der Waals surface area contributed by atoms with E-state index in [-0.39, 0.29) is 18.4 Å². The average molecular weight is 561 g/mol. The molecule has 2 N–H and O–H groups in total. The smallest absolute Gasteiger partial charge is 0.407 e. The van der Waals surface area contributed by atoms with E-state index in [1.807, 2.05) is 26.2 Å². The van der Waals surface area contributed by atoms with Gasteiger partial charge in [-0.3, -0.25) is 4.79 Å². The van der Waals surface area contributed by atoms with Gasteiger partial charge >= 0.3 is 6.09 Å². The van der Waals surface area contributed by atoms with Crippen molar-refractivity contribution in [1.29, 1.82) is 5.26 Å². The summed E-state index contributed by atoms with van der Waals surface area (Å²) in [5.41, 5.74) is 0. The van der Waals surface area contributed by atoms with Crippen LogP contribution in [0.4, 0.5) is 4.79 Å². The number of rotatable bonds is 24. The van der Waals surface area contributed by atoms with E-state index in [4.69, 9.17) is 4.74 Å². The monoisotopic (exact) mass is 560 g/mol. The van der Waals surface area contributed by atoms with Crippen LogP contribution in [-0.4, -0.2) is 57.2 Å². The molecule has 0 heterocycles. The molecule has 0 aliphatic heterocycles. The average Bonchev–Trinajstić information content (AvgIpc) is 2.95. The molecule has 2 amide bonds. The van der Waals surface area contributed by atoms with Crippen LogP contribution in [0.15, 0.2) is 12.2 Å². The fourth-order valence-electron chi connectivity index (χ4n) is 5.45. The van der Waals surface area contributed by atoms with E-state index >= 15 is 0 Å². The zero-order chi connectivity index (χ0) is 29.3. The Morgan fingerprint density at radius 1 is 0.825 bits per heavy atom. The van der Waals surface area contributed by atoms with Crippen LogP contribution in [0, 0.1) is 29.1 Å². The van der Waals surface area contributed by atoms with Crippen LogP contribution in [0.5, 0.6) is 0 Å². The lowest BCUT2D eigenvalue weighted by molar-refractivity contribution is -0.128. The fraction of sp³-hybridized carbons (Fsp3) is 0.848. The van der Waals surface area contributed by atoms with E-state index in [0.29, 0.717) is 19.5 Å². The summed E-state index contributed by atoms with van der Waals surface area (Å²) in [6.07, 6.45) is 25.9. The Labute approximate surface area is 245 Å². The van der Waals surface area contributed by atoms with E-state index in [1.165, 1.54) is 89.9 Å². The highest BCUT2D eigenvalue weighted by Crippen LogP contribution is 2.31. The minimum atomic E-state index is -0.490. The molecule has 1 aliphatic rings. The molecule has 0 spiro atoms. The van der Waals surface area contributed by atoms with Crippen molar-refractivity contribution in [3.63, 3.8) is 0 Å². The molecule has 0 aromatic heterocycles. The first kappa shape index (κ1) is 36.0. The molecular formula is C33H60N4O3. The fourth-order valence-corrected chi connectivity index (χ4v) is 5.45. The molecule has 7 heteroatoms. The van der Waals surface area contributed by atoms with Crippen LogP contribution in [0.3, 0.4) is 0 Å². The van der Waals surface area contributed by atoms with Crippen LogP contribution in [0.2, 0.25) is 0 Å². The second-order valence-corrected chi connectivity index (χ2v) is 11.9. The Balaban J connectivity index is 2.12. The first-order chi connectivity index (χ1) is 19.5. The Hall–Kier alpha value is -2.07. The summed E-state index contributed by atoms with van der Waals surface area (Å²) >= 11 is 0. The maximum Gasteiger partial charge on any atom is 0.407 e. The molecule has 40 heavy (non-hydrogen) atoms. The molecule has 3 unspecified atom stereocenters. The first-order valence-corrected chi connectivity index (χ1v) is 16.4. The van der Waals surface area contributed by atoms with Crippen LogP contribution >= 0.6 is 0 Å². The molecule has 1 aliphatic carbocycles. The number of alkyl carbamates (subject to hydrolysis) is 1. The van der Waals surface area contributed by atoms with Gasteiger partial charge in [-0.05, 0) is 39.9 Å². The van der Waals surface area contributed by atoms with Crippen molar-refractivity contribution in [1.82, 2.24) is 15.5 Å².